The molecule has 0 atom stereocenters. The second-order valence-corrected chi connectivity index (χ2v) is 12.2. The highest BCUT2D eigenvalue weighted by Crippen LogP contribution is 2.40. The maximum absolute atomic E-state index is 12.5. The van der Waals surface area contributed by atoms with Crippen molar-refractivity contribution in [3.8, 4) is 11.5 Å². The van der Waals surface area contributed by atoms with Crippen molar-refractivity contribution in [3.05, 3.63) is 92.5 Å². The molecule has 202 valence electrons. The number of phenols is 1. The van der Waals surface area contributed by atoms with Crippen LogP contribution in [0, 0.1) is 0 Å². The van der Waals surface area contributed by atoms with Gasteiger partial charge < -0.3 is 9.84 Å². The van der Waals surface area contributed by atoms with Crippen LogP contribution in [0.4, 0.5) is 0 Å². The number of aromatic hydroxyl groups is 1. The Morgan fingerprint density at radius 3 is 2.16 bits per heavy atom. The first-order valence-corrected chi connectivity index (χ1v) is 13.4. The number of nitrogens with zero attached hydrogens (tertiary/aromatic N) is 1. The first-order chi connectivity index (χ1) is 17.8. The van der Waals surface area contributed by atoms with Gasteiger partial charge in [-0.1, -0.05) is 95.1 Å². The molecule has 3 aromatic rings. The molecule has 0 radical (unpaired) electrons. The normalized spacial score (nSPS) is 12.1. The molecular formula is C31H36Cl2N2O3. The van der Waals surface area contributed by atoms with Crippen molar-refractivity contribution < 1.29 is 14.6 Å². The molecule has 2 N–H and O–H groups in total. The summed E-state index contributed by atoms with van der Waals surface area (Å²) in [5, 5.41) is 16.0. The van der Waals surface area contributed by atoms with E-state index in [-0.39, 0.29) is 23.2 Å². The fourth-order valence-electron chi connectivity index (χ4n) is 3.96. The van der Waals surface area contributed by atoms with Crippen molar-refractivity contribution in [2.45, 2.75) is 71.8 Å². The van der Waals surface area contributed by atoms with E-state index in [1.807, 2.05) is 42.5 Å². The highest BCUT2D eigenvalue weighted by atomic mass is 35.5. The van der Waals surface area contributed by atoms with Gasteiger partial charge in [0.2, 0.25) is 5.91 Å². The highest BCUT2D eigenvalue weighted by Gasteiger charge is 2.26. The van der Waals surface area contributed by atoms with Crippen LogP contribution in [0.2, 0.25) is 10.0 Å². The third kappa shape index (κ3) is 7.99. The first kappa shape index (κ1) is 29.5. The lowest BCUT2D eigenvalue weighted by molar-refractivity contribution is -0.121. The number of halogens is 2. The quantitative estimate of drug-likeness (QED) is 0.219. The van der Waals surface area contributed by atoms with E-state index in [9.17, 15) is 9.90 Å². The Morgan fingerprint density at radius 2 is 1.58 bits per heavy atom. The lowest BCUT2D eigenvalue weighted by Crippen LogP contribution is -2.20. The zero-order valence-corrected chi connectivity index (χ0v) is 24.4. The number of benzene rings is 3. The monoisotopic (exact) mass is 554 g/mol. The number of hydrogen-bond acceptors (Lipinski definition) is 4. The van der Waals surface area contributed by atoms with Gasteiger partial charge in [0.15, 0.2) is 0 Å². The average Bonchev–Trinajstić information content (AvgIpc) is 2.82. The SMILES string of the molecule is CC(C)(C)c1cc(CCC(=O)N/N=C\c2ccc(OCc3ccccc3Cl)c(Cl)c2)cc(C(C)(C)C)c1O. The minimum Gasteiger partial charge on any atom is -0.507 e. The Labute approximate surface area is 235 Å². The Kier molecular flexibility index (Phi) is 9.50. The predicted molar refractivity (Wildman–Crippen MR) is 157 cm³/mol. The van der Waals surface area contributed by atoms with Gasteiger partial charge in [0.25, 0.3) is 0 Å². The van der Waals surface area contributed by atoms with Crippen molar-refractivity contribution in [2.24, 2.45) is 5.10 Å². The molecule has 0 bridgehead atoms. The standard InChI is InChI=1S/C31H36Cl2N2O3/c1-30(2,3)23-15-20(16-24(29(23)37)31(4,5)6)12-14-28(36)35-34-18-21-11-13-27(26(33)17-21)38-19-22-9-7-8-10-25(22)32/h7-11,13,15-18,37H,12,14,19H2,1-6H3,(H,35,36)/b34-18-. The molecule has 0 aliphatic carbocycles. The van der Waals surface area contributed by atoms with Gasteiger partial charge in [0.05, 0.1) is 11.2 Å². The number of aryl methyl sites for hydroxylation is 1. The molecule has 3 aromatic carbocycles. The number of nitrogens with one attached hydrogen (secondary N) is 1. The molecule has 0 aromatic heterocycles. The number of carbonyl (C=O) groups excluding carboxylic acids is 1. The summed E-state index contributed by atoms with van der Waals surface area (Å²) in [5.74, 6) is 0.669. The van der Waals surface area contributed by atoms with Crippen molar-refractivity contribution in [3.63, 3.8) is 0 Å². The van der Waals surface area contributed by atoms with Gasteiger partial charge in [-0.2, -0.15) is 5.10 Å². The van der Waals surface area contributed by atoms with Gasteiger partial charge in [-0.05, 0) is 63.8 Å². The van der Waals surface area contributed by atoms with Crippen LogP contribution in [0.3, 0.4) is 0 Å². The molecule has 7 heteroatoms. The molecule has 0 saturated heterocycles. The Hall–Kier alpha value is -3.02. The van der Waals surface area contributed by atoms with Crippen molar-refractivity contribution in [1.82, 2.24) is 5.43 Å². The lowest BCUT2D eigenvalue weighted by atomic mass is 9.78. The van der Waals surface area contributed by atoms with Gasteiger partial charge in [-0.15, -0.1) is 0 Å². The van der Waals surface area contributed by atoms with Crippen LogP contribution in [0.5, 0.6) is 11.5 Å². The topological polar surface area (TPSA) is 70.9 Å². The van der Waals surface area contributed by atoms with E-state index in [2.05, 4.69) is 52.1 Å². The van der Waals surface area contributed by atoms with Crippen LogP contribution in [0.15, 0.2) is 59.7 Å². The third-order valence-corrected chi connectivity index (χ3v) is 6.79. The Balaban J connectivity index is 1.59. The van der Waals surface area contributed by atoms with Crippen molar-refractivity contribution in [2.75, 3.05) is 0 Å². The third-order valence-electron chi connectivity index (χ3n) is 6.13. The van der Waals surface area contributed by atoms with E-state index in [0.717, 1.165) is 27.8 Å². The number of hydrogen-bond donors (Lipinski definition) is 2. The molecule has 0 unspecified atom stereocenters. The predicted octanol–water partition coefficient (Wildman–Crippen LogP) is 7.96. The summed E-state index contributed by atoms with van der Waals surface area (Å²) in [6.07, 6.45) is 2.35. The molecule has 0 saturated carbocycles. The molecule has 0 spiro atoms. The Morgan fingerprint density at radius 1 is 0.947 bits per heavy atom. The van der Waals surface area contributed by atoms with Gasteiger partial charge >= 0.3 is 0 Å². The molecular weight excluding hydrogens is 519 g/mol. The molecule has 1 amide bonds. The van der Waals surface area contributed by atoms with E-state index >= 15 is 0 Å². The number of hydrazone groups is 1. The number of amides is 1. The smallest absolute Gasteiger partial charge is 0.240 e. The lowest BCUT2D eigenvalue weighted by Gasteiger charge is -2.28. The number of carbonyl (C=O) groups is 1. The zero-order valence-electron chi connectivity index (χ0n) is 22.9. The largest absolute Gasteiger partial charge is 0.507 e. The van der Waals surface area contributed by atoms with Crippen LogP contribution in [-0.2, 0) is 28.7 Å². The summed E-state index contributed by atoms with van der Waals surface area (Å²) in [4.78, 5) is 12.5. The van der Waals surface area contributed by atoms with Gasteiger partial charge in [-0.25, -0.2) is 5.43 Å². The van der Waals surface area contributed by atoms with E-state index in [1.54, 1.807) is 12.1 Å². The summed E-state index contributed by atoms with van der Waals surface area (Å²) in [7, 11) is 0. The summed E-state index contributed by atoms with van der Waals surface area (Å²) in [6.45, 7) is 12.7. The minimum absolute atomic E-state index is 0.199. The summed E-state index contributed by atoms with van der Waals surface area (Å²) < 4.78 is 5.79. The van der Waals surface area contributed by atoms with Crippen LogP contribution in [-0.4, -0.2) is 17.2 Å². The summed E-state index contributed by atoms with van der Waals surface area (Å²) in [5.41, 5.74) is 6.52. The fraction of sp³-hybridized carbons (Fsp3) is 0.355. The van der Waals surface area contributed by atoms with Gasteiger partial charge in [0.1, 0.15) is 18.1 Å². The van der Waals surface area contributed by atoms with E-state index < -0.39 is 0 Å². The molecule has 38 heavy (non-hydrogen) atoms. The first-order valence-electron chi connectivity index (χ1n) is 12.6. The number of rotatable bonds is 8. The maximum Gasteiger partial charge on any atom is 0.240 e. The fourth-order valence-corrected chi connectivity index (χ4v) is 4.39. The van der Waals surface area contributed by atoms with Crippen LogP contribution in [0.1, 0.15) is 75.8 Å². The molecule has 0 heterocycles. The maximum atomic E-state index is 12.5. The molecule has 0 aliphatic rings. The van der Waals surface area contributed by atoms with Gasteiger partial charge in [-0.3, -0.25) is 4.79 Å². The molecule has 0 fully saturated rings. The summed E-state index contributed by atoms with van der Waals surface area (Å²) in [6, 6.07) is 16.8. The van der Waals surface area contributed by atoms with E-state index in [4.69, 9.17) is 27.9 Å². The minimum atomic E-state index is -0.219. The van der Waals surface area contributed by atoms with E-state index in [0.29, 0.717) is 34.6 Å². The molecule has 3 rings (SSSR count). The highest BCUT2D eigenvalue weighted by molar-refractivity contribution is 6.32. The van der Waals surface area contributed by atoms with Crippen LogP contribution < -0.4 is 10.2 Å². The second kappa shape index (κ2) is 12.2. The Bertz CT molecular complexity index is 1290. The number of phenolic OH excluding ortho intramolecular Hbond substituents is 1. The van der Waals surface area contributed by atoms with Crippen LogP contribution in [0.25, 0.3) is 0 Å². The summed E-state index contributed by atoms with van der Waals surface area (Å²) >= 11 is 12.5. The molecule has 5 nitrogen and oxygen atoms in total. The van der Waals surface area contributed by atoms with Crippen molar-refractivity contribution >= 4 is 35.3 Å². The van der Waals surface area contributed by atoms with E-state index in [1.165, 1.54) is 6.21 Å². The van der Waals surface area contributed by atoms with Gasteiger partial charge in [0, 0.05) is 17.0 Å². The second-order valence-electron chi connectivity index (χ2n) is 11.4. The average molecular weight is 556 g/mol. The number of ether oxygens (including phenoxy) is 1. The molecule has 0 aliphatic heterocycles. The zero-order chi connectivity index (χ0) is 28.1. The van der Waals surface area contributed by atoms with Crippen LogP contribution >= 0.6 is 23.2 Å². The van der Waals surface area contributed by atoms with Crippen molar-refractivity contribution in [1.29, 1.82) is 0 Å².